The highest BCUT2D eigenvalue weighted by Crippen LogP contribution is 2.35. The van der Waals surface area contributed by atoms with Gasteiger partial charge in [-0.05, 0) is 31.7 Å². The summed E-state index contributed by atoms with van der Waals surface area (Å²) in [6.45, 7) is 1.52. The maximum atomic E-state index is 13.1. The standard InChI is InChI=1S/C18H20F3N7OS/c1-9(29)24-11-2-4-12(5-3-11)25-16-27-28-8-14(26-17(28)30-16)10-6-13(18(19,20)21)15(22)23-7-10/h6-8,11-12H,2-5H2,1H3,(H2,22,23)(H,24,29)(H,25,27). The molecule has 3 aromatic rings. The molecule has 0 aliphatic heterocycles. The molecule has 1 aliphatic carbocycles. The molecular weight excluding hydrogens is 419 g/mol. The number of carbonyl (C=O) groups is 1. The lowest BCUT2D eigenvalue weighted by Gasteiger charge is -2.29. The van der Waals surface area contributed by atoms with Crippen LogP contribution in [0.3, 0.4) is 0 Å². The van der Waals surface area contributed by atoms with E-state index in [2.05, 4.69) is 25.7 Å². The van der Waals surface area contributed by atoms with E-state index in [9.17, 15) is 18.0 Å². The summed E-state index contributed by atoms with van der Waals surface area (Å²) >= 11 is 1.32. The van der Waals surface area contributed by atoms with E-state index in [0.717, 1.165) is 31.7 Å². The maximum Gasteiger partial charge on any atom is 0.419 e. The van der Waals surface area contributed by atoms with E-state index in [0.29, 0.717) is 15.8 Å². The van der Waals surface area contributed by atoms with Gasteiger partial charge in [0.15, 0.2) is 0 Å². The van der Waals surface area contributed by atoms with Gasteiger partial charge < -0.3 is 16.4 Å². The Labute approximate surface area is 173 Å². The van der Waals surface area contributed by atoms with Crippen LogP contribution in [0.1, 0.15) is 38.2 Å². The first-order valence-corrected chi connectivity index (χ1v) is 10.2. The van der Waals surface area contributed by atoms with Crippen LogP contribution in [-0.4, -0.2) is 37.6 Å². The Morgan fingerprint density at radius 1 is 1.27 bits per heavy atom. The number of hydrogen-bond donors (Lipinski definition) is 3. The second kappa shape index (κ2) is 7.74. The topological polar surface area (TPSA) is 110 Å². The highest BCUT2D eigenvalue weighted by atomic mass is 32.1. The Bertz CT molecular complexity index is 1040. The Kier molecular flexibility index (Phi) is 5.26. The van der Waals surface area contributed by atoms with Gasteiger partial charge in [0.2, 0.25) is 16.0 Å². The van der Waals surface area contributed by atoms with Gasteiger partial charge in [0.25, 0.3) is 0 Å². The fourth-order valence-electron chi connectivity index (χ4n) is 3.58. The van der Waals surface area contributed by atoms with Gasteiger partial charge in [-0.15, -0.1) is 5.10 Å². The van der Waals surface area contributed by atoms with Gasteiger partial charge in [-0.2, -0.15) is 13.2 Å². The predicted octanol–water partition coefficient (Wildman–Crippen LogP) is 3.31. The fourth-order valence-corrected chi connectivity index (χ4v) is 4.44. The summed E-state index contributed by atoms with van der Waals surface area (Å²) in [7, 11) is 0. The van der Waals surface area contributed by atoms with Gasteiger partial charge in [0, 0.05) is 30.8 Å². The van der Waals surface area contributed by atoms with Crippen LogP contribution >= 0.6 is 11.3 Å². The van der Waals surface area contributed by atoms with Crippen LogP contribution < -0.4 is 16.4 Å². The van der Waals surface area contributed by atoms with Gasteiger partial charge in [-0.3, -0.25) is 4.79 Å². The molecule has 160 valence electrons. The summed E-state index contributed by atoms with van der Waals surface area (Å²) in [5, 5.41) is 11.5. The molecule has 0 bridgehead atoms. The van der Waals surface area contributed by atoms with Crippen molar-refractivity contribution < 1.29 is 18.0 Å². The number of alkyl halides is 3. The first-order chi connectivity index (χ1) is 14.2. The number of amides is 1. The number of rotatable bonds is 4. The van der Waals surface area contributed by atoms with E-state index < -0.39 is 17.6 Å². The van der Waals surface area contributed by atoms with Gasteiger partial charge in [-0.25, -0.2) is 14.5 Å². The number of pyridine rings is 1. The number of nitrogen functional groups attached to an aromatic ring is 1. The van der Waals surface area contributed by atoms with Gasteiger partial charge in [0.1, 0.15) is 5.82 Å². The van der Waals surface area contributed by atoms with E-state index in [4.69, 9.17) is 5.73 Å². The molecule has 0 unspecified atom stereocenters. The summed E-state index contributed by atoms with van der Waals surface area (Å²) in [6, 6.07) is 1.41. The summed E-state index contributed by atoms with van der Waals surface area (Å²) in [5.74, 6) is -0.577. The molecule has 0 spiro atoms. The molecule has 12 heteroatoms. The third kappa shape index (κ3) is 4.32. The predicted molar refractivity (Wildman–Crippen MR) is 107 cm³/mol. The smallest absolute Gasteiger partial charge is 0.383 e. The summed E-state index contributed by atoms with van der Waals surface area (Å²) in [6.07, 6.45) is 1.87. The normalized spacial score (nSPS) is 19.7. The second-order valence-electron chi connectivity index (χ2n) is 7.31. The Morgan fingerprint density at radius 3 is 2.60 bits per heavy atom. The summed E-state index contributed by atoms with van der Waals surface area (Å²) in [4.78, 5) is 19.7. The van der Waals surface area contributed by atoms with E-state index in [-0.39, 0.29) is 23.6 Å². The molecule has 4 rings (SSSR count). The van der Waals surface area contributed by atoms with Crippen LogP contribution in [0.25, 0.3) is 16.2 Å². The monoisotopic (exact) mass is 439 g/mol. The van der Waals surface area contributed by atoms with Crippen molar-refractivity contribution >= 4 is 33.2 Å². The van der Waals surface area contributed by atoms with Crippen LogP contribution in [-0.2, 0) is 11.0 Å². The van der Waals surface area contributed by atoms with E-state index in [1.165, 1.54) is 29.0 Å². The van der Waals surface area contributed by atoms with Crippen molar-refractivity contribution in [3.8, 4) is 11.3 Å². The van der Waals surface area contributed by atoms with Crippen LogP contribution in [0, 0.1) is 0 Å². The minimum absolute atomic E-state index is 0.0120. The molecule has 4 N–H and O–H groups in total. The molecule has 1 amide bonds. The second-order valence-corrected chi connectivity index (χ2v) is 8.26. The van der Waals surface area contributed by atoms with Crippen molar-refractivity contribution in [2.24, 2.45) is 0 Å². The molecule has 3 aromatic heterocycles. The summed E-state index contributed by atoms with van der Waals surface area (Å²) < 4.78 is 40.7. The first-order valence-electron chi connectivity index (χ1n) is 9.42. The number of fused-ring (bicyclic) bond motifs is 1. The lowest BCUT2D eigenvalue weighted by Crippen LogP contribution is -2.39. The van der Waals surface area contributed by atoms with E-state index in [1.54, 1.807) is 6.20 Å². The largest absolute Gasteiger partial charge is 0.419 e. The SMILES string of the molecule is CC(=O)NC1CCC(Nc2nn3cc(-c4cnc(N)c(C(F)(F)F)c4)nc3s2)CC1. The van der Waals surface area contributed by atoms with E-state index in [1.807, 2.05) is 0 Å². The maximum absolute atomic E-state index is 13.1. The lowest BCUT2D eigenvalue weighted by atomic mass is 9.91. The number of nitrogens with zero attached hydrogens (tertiary/aromatic N) is 4. The van der Waals surface area contributed by atoms with Gasteiger partial charge >= 0.3 is 6.18 Å². The third-order valence-electron chi connectivity index (χ3n) is 5.03. The number of imidazole rings is 1. The number of aromatic nitrogens is 4. The third-order valence-corrected chi connectivity index (χ3v) is 5.88. The molecule has 1 fully saturated rings. The Hall–Kier alpha value is -2.89. The van der Waals surface area contributed by atoms with Gasteiger partial charge in [-0.1, -0.05) is 11.3 Å². The van der Waals surface area contributed by atoms with Crippen molar-refractivity contribution in [3.63, 3.8) is 0 Å². The van der Waals surface area contributed by atoms with Crippen molar-refractivity contribution in [2.45, 2.75) is 50.9 Å². The quantitative estimate of drug-likeness (QED) is 0.575. The fraction of sp³-hybridized carbons (Fsp3) is 0.444. The minimum atomic E-state index is -4.58. The van der Waals surface area contributed by atoms with E-state index >= 15 is 0 Å². The molecule has 3 heterocycles. The van der Waals surface area contributed by atoms with Crippen LogP contribution in [0.15, 0.2) is 18.5 Å². The lowest BCUT2D eigenvalue weighted by molar-refractivity contribution is -0.137. The molecule has 0 radical (unpaired) electrons. The van der Waals surface area contributed by atoms with Crippen molar-refractivity contribution in [1.29, 1.82) is 0 Å². The van der Waals surface area contributed by atoms with Crippen molar-refractivity contribution in [2.75, 3.05) is 11.1 Å². The molecule has 0 aromatic carbocycles. The first kappa shape index (κ1) is 20.4. The van der Waals surface area contributed by atoms with Gasteiger partial charge in [0.05, 0.1) is 17.5 Å². The molecule has 1 aliphatic rings. The van der Waals surface area contributed by atoms with Crippen LogP contribution in [0.5, 0.6) is 0 Å². The molecular formula is C18H20F3N7OS. The Balaban J connectivity index is 1.46. The zero-order chi connectivity index (χ0) is 21.5. The van der Waals surface area contributed by atoms with Crippen molar-refractivity contribution in [1.82, 2.24) is 24.9 Å². The summed E-state index contributed by atoms with van der Waals surface area (Å²) in [5.41, 5.74) is 4.93. The zero-order valence-electron chi connectivity index (χ0n) is 16.0. The van der Waals surface area contributed by atoms with Crippen LogP contribution in [0.2, 0.25) is 0 Å². The highest BCUT2D eigenvalue weighted by Gasteiger charge is 2.34. The number of halogens is 3. The highest BCUT2D eigenvalue weighted by molar-refractivity contribution is 7.20. The molecule has 1 saturated carbocycles. The average molecular weight is 439 g/mol. The number of anilines is 2. The average Bonchev–Trinajstić information content (AvgIpc) is 3.21. The molecule has 8 nitrogen and oxygen atoms in total. The minimum Gasteiger partial charge on any atom is -0.383 e. The molecule has 30 heavy (non-hydrogen) atoms. The number of nitrogens with two attached hydrogens (primary N) is 1. The van der Waals surface area contributed by atoms with Crippen LogP contribution in [0.4, 0.5) is 24.1 Å². The molecule has 0 atom stereocenters. The van der Waals surface area contributed by atoms with Crippen molar-refractivity contribution in [3.05, 3.63) is 24.0 Å². The number of carbonyl (C=O) groups excluding carboxylic acids is 1. The zero-order valence-corrected chi connectivity index (χ0v) is 16.8. The number of nitrogens with one attached hydrogen (secondary N) is 2. The molecule has 0 saturated heterocycles. The number of hydrogen-bond acceptors (Lipinski definition) is 7. The Morgan fingerprint density at radius 2 is 1.97 bits per heavy atom.